The number of esters is 1. The van der Waals surface area contributed by atoms with Crippen LogP contribution in [0.2, 0.25) is 0 Å². The average Bonchev–Trinajstić information content (AvgIpc) is 3.05. The molecule has 1 aromatic rings. The molecule has 144 valence electrons. The van der Waals surface area contributed by atoms with E-state index in [1.807, 2.05) is 6.20 Å². The largest absolute Gasteiger partial charge is 0.469 e. The van der Waals surface area contributed by atoms with Gasteiger partial charge in [-0.3, -0.25) is 9.79 Å². The van der Waals surface area contributed by atoms with Crippen LogP contribution in [0.1, 0.15) is 49.4 Å². The van der Waals surface area contributed by atoms with Crippen LogP contribution in [-0.2, 0) is 22.4 Å². The normalized spacial score (nSPS) is 10.9. The SMILES string of the molecule is CCNC(=NCCCCCC(=O)OC)NCCc1ncc(CC)s1.I. The van der Waals surface area contributed by atoms with E-state index in [4.69, 9.17) is 0 Å². The number of carbonyl (C=O) groups is 1. The molecule has 0 saturated carbocycles. The topological polar surface area (TPSA) is 75.6 Å². The quantitative estimate of drug-likeness (QED) is 0.167. The molecule has 6 nitrogen and oxygen atoms in total. The summed E-state index contributed by atoms with van der Waals surface area (Å²) < 4.78 is 4.63. The third-order valence-electron chi connectivity index (χ3n) is 3.46. The molecule has 0 atom stereocenters. The van der Waals surface area contributed by atoms with E-state index < -0.39 is 0 Å². The Morgan fingerprint density at radius 3 is 2.72 bits per heavy atom. The number of aromatic nitrogens is 1. The molecule has 1 heterocycles. The number of nitrogens with zero attached hydrogens (tertiary/aromatic N) is 2. The van der Waals surface area contributed by atoms with Crippen molar-refractivity contribution in [2.45, 2.75) is 52.4 Å². The van der Waals surface area contributed by atoms with E-state index in [0.29, 0.717) is 6.42 Å². The van der Waals surface area contributed by atoms with Gasteiger partial charge in [-0.1, -0.05) is 13.3 Å². The van der Waals surface area contributed by atoms with Crippen molar-refractivity contribution >= 4 is 47.2 Å². The number of rotatable bonds is 11. The van der Waals surface area contributed by atoms with E-state index in [0.717, 1.165) is 62.7 Å². The zero-order valence-corrected chi connectivity index (χ0v) is 18.6. The summed E-state index contributed by atoms with van der Waals surface area (Å²) in [4.78, 5) is 21.3. The number of thiazole rings is 1. The first-order valence-electron chi connectivity index (χ1n) is 8.72. The number of halogens is 1. The van der Waals surface area contributed by atoms with Gasteiger partial charge in [-0.25, -0.2) is 4.98 Å². The number of unbranched alkanes of at least 4 members (excludes halogenated alkanes) is 2. The number of nitrogens with one attached hydrogen (secondary N) is 2. The Morgan fingerprint density at radius 2 is 2.08 bits per heavy atom. The fourth-order valence-electron chi connectivity index (χ4n) is 2.11. The predicted molar refractivity (Wildman–Crippen MR) is 115 cm³/mol. The molecule has 25 heavy (non-hydrogen) atoms. The lowest BCUT2D eigenvalue weighted by molar-refractivity contribution is -0.140. The van der Waals surface area contributed by atoms with E-state index in [1.54, 1.807) is 11.3 Å². The van der Waals surface area contributed by atoms with E-state index in [2.05, 4.69) is 39.2 Å². The molecule has 1 aromatic heterocycles. The fourth-order valence-corrected chi connectivity index (χ4v) is 2.97. The molecule has 0 amide bonds. The molecule has 0 unspecified atom stereocenters. The van der Waals surface area contributed by atoms with Crippen LogP contribution in [-0.4, -0.2) is 43.7 Å². The third-order valence-corrected chi connectivity index (χ3v) is 4.66. The standard InChI is InChI=1S/C17H30N4O2S.HI/c1-4-14-13-21-15(24-14)10-12-20-17(18-5-2)19-11-8-6-7-9-16(22)23-3;/h13H,4-12H2,1-3H3,(H2,18,19,20);1H. The van der Waals surface area contributed by atoms with Gasteiger partial charge in [0.2, 0.25) is 0 Å². The number of ether oxygens (including phenoxy) is 1. The molecule has 0 radical (unpaired) electrons. The molecule has 0 saturated heterocycles. The lowest BCUT2D eigenvalue weighted by Crippen LogP contribution is -2.38. The van der Waals surface area contributed by atoms with E-state index >= 15 is 0 Å². The van der Waals surface area contributed by atoms with E-state index in [9.17, 15) is 4.79 Å². The van der Waals surface area contributed by atoms with Crippen LogP contribution >= 0.6 is 35.3 Å². The van der Waals surface area contributed by atoms with Crippen LogP contribution in [0.15, 0.2) is 11.2 Å². The van der Waals surface area contributed by atoms with Crippen molar-refractivity contribution in [1.82, 2.24) is 15.6 Å². The zero-order chi connectivity index (χ0) is 17.6. The first kappa shape index (κ1) is 24.1. The maximum atomic E-state index is 11.0. The van der Waals surface area contributed by atoms with Gasteiger partial charge in [0.15, 0.2) is 5.96 Å². The molecular formula is C17H31IN4O2S. The van der Waals surface area contributed by atoms with Crippen molar-refractivity contribution in [3.8, 4) is 0 Å². The Kier molecular flexibility index (Phi) is 14.8. The van der Waals surface area contributed by atoms with Crippen molar-refractivity contribution in [2.75, 3.05) is 26.7 Å². The molecule has 0 aliphatic rings. The minimum absolute atomic E-state index is 0. The monoisotopic (exact) mass is 482 g/mol. The van der Waals surface area contributed by atoms with Crippen LogP contribution in [0.3, 0.4) is 0 Å². The highest BCUT2D eigenvalue weighted by atomic mass is 127. The molecule has 8 heteroatoms. The molecule has 2 N–H and O–H groups in total. The smallest absolute Gasteiger partial charge is 0.305 e. The fraction of sp³-hybridized carbons (Fsp3) is 0.706. The number of hydrogen-bond acceptors (Lipinski definition) is 5. The van der Waals surface area contributed by atoms with Gasteiger partial charge in [-0.15, -0.1) is 35.3 Å². The highest BCUT2D eigenvalue weighted by molar-refractivity contribution is 14.0. The lowest BCUT2D eigenvalue weighted by Gasteiger charge is -2.10. The molecular weight excluding hydrogens is 451 g/mol. The average molecular weight is 482 g/mol. The van der Waals surface area contributed by atoms with Gasteiger partial charge >= 0.3 is 5.97 Å². The number of aliphatic imine (C=N–C) groups is 1. The van der Waals surface area contributed by atoms with Crippen LogP contribution < -0.4 is 10.6 Å². The second-order valence-electron chi connectivity index (χ2n) is 5.40. The summed E-state index contributed by atoms with van der Waals surface area (Å²) in [6.07, 6.45) is 7.23. The summed E-state index contributed by atoms with van der Waals surface area (Å²) in [5.41, 5.74) is 0. The molecule has 0 spiro atoms. The van der Waals surface area contributed by atoms with Gasteiger partial charge in [0.05, 0.1) is 12.1 Å². The van der Waals surface area contributed by atoms with Crippen LogP contribution in [0.25, 0.3) is 0 Å². The van der Waals surface area contributed by atoms with Gasteiger partial charge in [0.25, 0.3) is 0 Å². The first-order chi connectivity index (χ1) is 11.7. The molecule has 0 aliphatic carbocycles. The van der Waals surface area contributed by atoms with Crippen molar-refractivity contribution in [3.63, 3.8) is 0 Å². The Labute approximate surface area is 172 Å². The predicted octanol–water partition coefficient (Wildman–Crippen LogP) is 3.15. The second kappa shape index (κ2) is 15.4. The number of aryl methyl sites for hydroxylation is 1. The van der Waals surface area contributed by atoms with Crippen LogP contribution in [0.4, 0.5) is 0 Å². The van der Waals surface area contributed by atoms with Gasteiger partial charge in [-0.05, 0) is 26.2 Å². The zero-order valence-electron chi connectivity index (χ0n) is 15.5. The van der Waals surface area contributed by atoms with Gasteiger partial charge < -0.3 is 15.4 Å². The molecule has 0 fully saturated rings. The van der Waals surface area contributed by atoms with Crippen LogP contribution in [0.5, 0.6) is 0 Å². The number of carbonyl (C=O) groups excluding carboxylic acids is 1. The first-order valence-corrected chi connectivity index (χ1v) is 9.53. The van der Waals surface area contributed by atoms with Crippen molar-refractivity contribution in [3.05, 3.63) is 16.1 Å². The Morgan fingerprint density at radius 1 is 1.28 bits per heavy atom. The Bertz CT molecular complexity index is 509. The summed E-state index contributed by atoms with van der Waals surface area (Å²) in [5.74, 6) is 0.708. The Hall–Kier alpha value is -0.900. The van der Waals surface area contributed by atoms with Crippen LogP contribution in [0, 0.1) is 0 Å². The number of hydrogen-bond donors (Lipinski definition) is 2. The maximum absolute atomic E-state index is 11.0. The molecule has 0 aliphatic heterocycles. The highest BCUT2D eigenvalue weighted by Gasteiger charge is 2.02. The van der Waals surface area contributed by atoms with E-state index in [1.165, 1.54) is 12.0 Å². The van der Waals surface area contributed by atoms with Gasteiger partial charge in [-0.2, -0.15) is 0 Å². The third kappa shape index (κ3) is 11.4. The molecule has 0 aromatic carbocycles. The van der Waals surface area contributed by atoms with Crippen molar-refractivity contribution in [2.24, 2.45) is 4.99 Å². The number of guanidine groups is 1. The highest BCUT2D eigenvalue weighted by Crippen LogP contribution is 2.13. The summed E-state index contributed by atoms with van der Waals surface area (Å²) in [5, 5.41) is 7.76. The Balaban J connectivity index is 0.00000576. The van der Waals surface area contributed by atoms with Crippen molar-refractivity contribution < 1.29 is 9.53 Å². The van der Waals surface area contributed by atoms with Crippen molar-refractivity contribution in [1.29, 1.82) is 0 Å². The summed E-state index contributed by atoms with van der Waals surface area (Å²) in [6, 6.07) is 0. The maximum Gasteiger partial charge on any atom is 0.305 e. The second-order valence-corrected chi connectivity index (χ2v) is 6.60. The minimum atomic E-state index is -0.137. The summed E-state index contributed by atoms with van der Waals surface area (Å²) in [6.45, 7) is 6.63. The molecule has 0 bridgehead atoms. The lowest BCUT2D eigenvalue weighted by atomic mass is 10.2. The summed E-state index contributed by atoms with van der Waals surface area (Å²) in [7, 11) is 1.43. The molecule has 1 rings (SSSR count). The van der Waals surface area contributed by atoms with Gasteiger partial charge in [0.1, 0.15) is 0 Å². The summed E-state index contributed by atoms with van der Waals surface area (Å²) >= 11 is 1.78. The van der Waals surface area contributed by atoms with Gasteiger partial charge in [0, 0.05) is 43.5 Å². The van der Waals surface area contributed by atoms with E-state index in [-0.39, 0.29) is 29.9 Å². The number of methoxy groups -OCH3 is 1. The minimum Gasteiger partial charge on any atom is -0.469 e.